The number of aryl methyl sites for hydroxylation is 2. The summed E-state index contributed by atoms with van der Waals surface area (Å²) >= 11 is 0. The minimum absolute atomic E-state index is 0.0528. The van der Waals surface area contributed by atoms with Gasteiger partial charge < -0.3 is 20.6 Å². The molecule has 0 radical (unpaired) electrons. The highest BCUT2D eigenvalue weighted by atomic mass is 16.5. The Balaban J connectivity index is 1.25. The third kappa shape index (κ3) is 7.96. The molecule has 1 aliphatic rings. The molecule has 5 rings (SSSR count). The molecule has 222 valence electrons. The molecule has 5 N–H and O–H groups in total. The highest BCUT2D eigenvalue weighted by Gasteiger charge is 2.25. The maximum atomic E-state index is 12.7. The molecule has 1 aliphatic carbocycles. The Labute approximate surface area is 251 Å². The number of carboxylic acids is 1. The number of fused-ring (bicyclic) bond motifs is 2. The summed E-state index contributed by atoms with van der Waals surface area (Å²) in [4.78, 5) is 33.0. The first-order valence-electron chi connectivity index (χ1n) is 14.6. The van der Waals surface area contributed by atoms with Crippen LogP contribution >= 0.6 is 0 Å². The Bertz CT molecular complexity index is 1590. The lowest BCUT2D eigenvalue weighted by Gasteiger charge is -2.17. The first kappa shape index (κ1) is 29.7. The Hall–Kier alpha value is -4.76. The van der Waals surface area contributed by atoms with Crippen LogP contribution in [0.2, 0.25) is 0 Å². The molecule has 0 aliphatic heterocycles. The van der Waals surface area contributed by atoms with E-state index in [2.05, 4.69) is 51.9 Å². The lowest BCUT2D eigenvalue weighted by atomic mass is 9.88. The summed E-state index contributed by atoms with van der Waals surface area (Å²) in [7, 11) is 0. The smallest absolute Gasteiger partial charge is 0.303 e. The lowest BCUT2D eigenvalue weighted by molar-refractivity contribution is -0.137. The van der Waals surface area contributed by atoms with Crippen LogP contribution in [0.25, 0.3) is 0 Å². The molecule has 1 atom stereocenters. The number of hydrogen-bond donors (Lipinski definition) is 4. The molecule has 43 heavy (non-hydrogen) atoms. The zero-order valence-electron chi connectivity index (χ0n) is 24.3. The van der Waals surface area contributed by atoms with Crippen LogP contribution in [0.15, 0.2) is 73.1 Å². The molecule has 0 saturated carbocycles. The number of pyridine rings is 2. The van der Waals surface area contributed by atoms with Gasteiger partial charge in [-0.1, -0.05) is 24.3 Å². The van der Waals surface area contributed by atoms with Gasteiger partial charge >= 0.3 is 5.97 Å². The Morgan fingerprint density at radius 2 is 1.88 bits per heavy atom. The summed E-state index contributed by atoms with van der Waals surface area (Å²) in [6.07, 6.45) is 7.54. The van der Waals surface area contributed by atoms with Crippen molar-refractivity contribution in [3.05, 3.63) is 118 Å². The van der Waals surface area contributed by atoms with E-state index in [4.69, 9.17) is 10.6 Å². The number of anilines is 1. The van der Waals surface area contributed by atoms with Crippen LogP contribution in [0.1, 0.15) is 74.6 Å². The van der Waals surface area contributed by atoms with E-state index in [0.717, 1.165) is 58.5 Å². The molecular formula is C34H37N5O4. The number of nitrogen functional groups attached to an aromatic ring is 1. The van der Waals surface area contributed by atoms with E-state index < -0.39 is 5.97 Å². The molecular weight excluding hydrogens is 542 g/mol. The van der Waals surface area contributed by atoms with Crippen molar-refractivity contribution in [1.82, 2.24) is 15.3 Å². The largest absolute Gasteiger partial charge is 0.494 e. The summed E-state index contributed by atoms with van der Waals surface area (Å²) in [5.74, 6) is 5.45. The number of aliphatic carboxylic acids is 1. The first-order chi connectivity index (χ1) is 20.9. The fraction of sp³-hybridized carbons (Fsp3) is 0.294. The summed E-state index contributed by atoms with van der Waals surface area (Å²) in [6, 6.07) is 19.6. The van der Waals surface area contributed by atoms with E-state index in [1.807, 2.05) is 30.5 Å². The van der Waals surface area contributed by atoms with E-state index in [9.17, 15) is 14.7 Å². The molecule has 0 saturated heterocycles. The van der Waals surface area contributed by atoms with Crippen molar-refractivity contribution in [1.29, 1.82) is 0 Å². The first-order valence-corrected chi connectivity index (χ1v) is 14.6. The van der Waals surface area contributed by atoms with Crippen molar-refractivity contribution >= 4 is 17.7 Å². The molecule has 1 amide bonds. The van der Waals surface area contributed by atoms with Crippen molar-refractivity contribution in [3.8, 4) is 5.75 Å². The second-order valence-electron chi connectivity index (χ2n) is 11.0. The number of carbonyl (C=O) groups is 2. The number of carbonyl (C=O) groups excluding carboxylic acids is 1. The molecule has 9 heteroatoms. The normalized spacial score (nSPS) is 13.8. The highest BCUT2D eigenvalue weighted by molar-refractivity contribution is 5.94. The van der Waals surface area contributed by atoms with Crippen LogP contribution in [-0.2, 0) is 30.6 Å². The van der Waals surface area contributed by atoms with Crippen LogP contribution in [0.3, 0.4) is 0 Å². The second-order valence-corrected chi connectivity index (χ2v) is 11.0. The number of rotatable bonds is 12. The predicted octanol–water partition coefficient (Wildman–Crippen LogP) is 5.11. The minimum atomic E-state index is -0.818. The average Bonchev–Trinajstić information content (AvgIpc) is 3.15. The molecule has 0 fully saturated rings. The highest BCUT2D eigenvalue weighted by Crippen LogP contribution is 2.36. The van der Waals surface area contributed by atoms with Gasteiger partial charge in [0.05, 0.1) is 18.6 Å². The van der Waals surface area contributed by atoms with E-state index in [0.29, 0.717) is 37.4 Å². The number of nitrogens with zero attached hydrogens (tertiary/aromatic N) is 2. The molecule has 0 spiro atoms. The second kappa shape index (κ2) is 13.9. The number of ether oxygens (including phenoxy) is 1. The van der Waals surface area contributed by atoms with Gasteiger partial charge in [-0.05, 0) is 115 Å². The van der Waals surface area contributed by atoms with Gasteiger partial charge in [-0.15, -0.1) is 0 Å². The van der Waals surface area contributed by atoms with Gasteiger partial charge in [-0.2, -0.15) is 0 Å². The van der Waals surface area contributed by atoms with Crippen molar-refractivity contribution in [2.24, 2.45) is 5.84 Å². The quantitative estimate of drug-likeness (QED) is 0.103. The van der Waals surface area contributed by atoms with Gasteiger partial charge in [0.15, 0.2) is 0 Å². The van der Waals surface area contributed by atoms with Gasteiger partial charge in [0, 0.05) is 24.6 Å². The number of amides is 1. The lowest BCUT2D eigenvalue weighted by Crippen LogP contribution is -2.23. The summed E-state index contributed by atoms with van der Waals surface area (Å²) < 4.78 is 6.12. The number of hydrogen-bond acceptors (Lipinski definition) is 7. The van der Waals surface area contributed by atoms with E-state index >= 15 is 0 Å². The zero-order chi connectivity index (χ0) is 30.2. The van der Waals surface area contributed by atoms with Crippen LogP contribution in [0, 0.1) is 6.92 Å². The van der Waals surface area contributed by atoms with Crippen LogP contribution in [0.4, 0.5) is 5.82 Å². The standard InChI is InChI=1S/C34H37N5O4/c1-22-11-12-36-29(14-22)4-2-3-13-43-30-8-6-24-16-28(19-33(40)41)31-9-5-23(15-27(31)17-26(24)18-30)20-38-34(42)25-7-10-32(39-35)37-21-25/h5-12,14-15,18,21,28H,2-4,13,16-17,19-20,35H2,1H3,(H,37,39)(H,38,42)(H,40,41). The SMILES string of the molecule is Cc1ccnc(CCCCOc2ccc3c(c2)Cc2cc(CNC(=O)c4ccc(NN)nc4)ccc2C(CC(=O)O)C3)c1. The van der Waals surface area contributed by atoms with Crippen molar-refractivity contribution in [2.75, 3.05) is 12.0 Å². The Kier molecular flexibility index (Phi) is 9.63. The summed E-state index contributed by atoms with van der Waals surface area (Å²) in [5.41, 5.74) is 10.5. The van der Waals surface area contributed by atoms with Gasteiger partial charge in [-0.25, -0.2) is 10.8 Å². The minimum Gasteiger partial charge on any atom is -0.494 e. The van der Waals surface area contributed by atoms with Crippen LogP contribution in [-0.4, -0.2) is 33.6 Å². The van der Waals surface area contributed by atoms with Crippen LogP contribution < -0.4 is 21.3 Å². The number of nitrogens with one attached hydrogen (secondary N) is 2. The molecule has 4 aromatic rings. The maximum absolute atomic E-state index is 12.7. The van der Waals surface area contributed by atoms with Gasteiger partial charge in [0.1, 0.15) is 11.6 Å². The fourth-order valence-electron chi connectivity index (χ4n) is 5.58. The van der Waals surface area contributed by atoms with Gasteiger partial charge in [0.25, 0.3) is 5.91 Å². The van der Waals surface area contributed by atoms with Crippen molar-refractivity contribution in [3.63, 3.8) is 0 Å². The zero-order valence-corrected chi connectivity index (χ0v) is 24.3. The fourth-order valence-corrected chi connectivity index (χ4v) is 5.58. The summed E-state index contributed by atoms with van der Waals surface area (Å²) in [5, 5.41) is 12.6. The van der Waals surface area contributed by atoms with Gasteiger partial charge in [-0.3, -0.25) is 14.6 Å². The molecule has 2 aromatic carbocycles. The molecule has 0 bridgehead atoms. The maximum Gasteiger partial charge on any atom is 0.303 e. The monoisotopic (exact) mass is 579 g/mol. The third-order valence-electron chi connectivity index (χ3n) is 7.79. The molecule has 9 nitrogen and oxygen atoms in total. The number of nitrogens with two attached hydrogens (primary N) is 1. The topological polar surface area (TPSA) is 139 Å². The Morgan fingerprint density at radius 3 is 2.65 bits per heavy atom. The van der Waals surface area contributed by atoms with Crippen molar-refractivity contribution in [2.45, 2.75) is 57.9 Å². The number of unbranched alkanes of at least 4 members (excludes halogenated alkanes) is 1. The molecule has 2 heterocycles. The number of hydrazine groups is 1. The Morgan fingerprint density at radius 1 is 1.00 bits per heavy atom. The van der Waals surface area contributed by atoms with Crippen LogP contribution in [0.5, 0.6) is 5.75 Å². The van der Waals surface area contributed by atoms with E-state index in [1.54, 1.807) is 12.1 Å². The number of aromatic nitrogens is 2. The van der Waals surface area contributed by atoms with Crippen molar-refractivity contribution < 1.29 is 19.4 Å². The average molecular weight is 580 g/mol. The predicted molar refractivity (Wildman–Crippen MR) is 165 cm³/mol. The van der Waals surface area contributed by atoms with E-state index in [-0.39, 0.29) is 18.2 Å². The number of benzene rings is 2. The third-order valence-corrected chi connectivity index (χ3v) is 7.79. The van der Waals surface area contributed by atoms with Gasteiger partial charge in [0.2, 0.25) is 0 Å². The molecule has 2 aromatic heterocycles. The molecule has 1 unspecified atom stereocenters. The van der Waals surface area contributed by atoms with E-state index in [1.165, 1.54) is 11.8 Å². The summed E-state index contributed by atoms with van der Waals surface area (Å²) in [6.45, 7) is 3.03. The number of carboxylic acid groups (broad SMARTS) is 1.